The van der Waals surface area contributed by atoms with E-state index in [0.717, 1.165) is 6.42 Å². The van der Waals surface area contributed by atoms with Crippen molar-refractivity contribution in [2.45, 2.75) is 13.3 Å². The number of likely N-dealkylation sites (tertiary alicyclic amines) is 2. The highest BCUT2D eigenvalue weighted by Gasteiger charge is 2.50. The highest BCUT2D eigenvalue weighted by atomic mass is 19.1. The lowest BCUT2D eigenvalue weighted by atomic mass is 9.74. The summed E-state index contributed by atoms with van der Waals surface area (Å²) in [4.78, 5) is 27.6. The highest BCUT2D eigenvalue weighted by Crippen LogP contribution is 2.41. The lowest BCUT2D eigenvalue weighted by molar-refractivity contribution is -0.138. The number of halogens is 1. The molecule has 0 aliphatic carbocycles. The van der Waals surface area contributed by atoms with E-state index in [-0.39, 0.29) is 36.8 Å². The summed E-state index contributed by atoms with van der Waals surface area (Å²) in [7, 11) is 0. The van der Waals surface area contributed by atoms with E-state index in [4.69, 9.17) is 4.74 Å². The Kier molecular flexibility index (Phi) is 4.94. The molecule has 0 saturated carbocycles. The number of benzene rings is 1. The van der Waals surface area contributed by atoms with Gasteiger partial charge >= 0.3 is 0 Å². The third-order valence-electron chi connectivity index (χ3n) is 5.35. The molecule has 3 rings (SSSR count). The number of nitrogens with zero attached hydrogens (tertiary/aromatic N) is 2. The van der Waals surface area contributed by atoms with E-state index in [0.29, 0.717) is 31.9 Å². The van der Waals surface area contributed by atoms with E-state index < -0.39 is 5.41 Å². The number of fused-ring (bicyclic) bond motifs is 1. The van der Waals surface area contributed by atoms with Gasteiger partial charge in [0, 0.05) is 38.5 Å². The van der Waals surface area contributed by atoms with Crippen molar-refractivity contribution in [2.24, 2.45) is 11.3 Å². The fourth-order valence-corrected chi connectivity index (χ4v) is 3.83. The SMILES string of the molecule is CC(=O)N1C[C@@H]2CCN(C(=O)COc3ccc(F)cc3)C[C@]2(CO)C1. The maximum atomic E-state index is 12.9. The van der Waals surface area contributed by atoms with Gasteiger partial charge in [-0.2, -0.15) is 0 Å². The van der Waals surface area contributed by atoms with Gasteiger partial charge in [0.25, 0.3) is 5.91 Å². The Morgan fingerprint density at radius 2 is 1.96 bits per heavy atom. The molecule has 2 aliphatic heterocycles. The van der Waals surface area contributed by atoms with Crippen molar-refractivity contribution in [2.75, 3.05) is 39.4 Å². The lowest BCUT2D eigenvalue weighted by Crippen LogP contribution is -2.53. The van der Waals surface area contributed by atoms with Crippen molar-refractivity contribution in [3.05, 3.63) is 30.1 Å². The average Bonchev–Trinajstić information content (AvgIpc) is 3.00. The molecule has 2 amide bonds. The lowest BCUT2D eigenvalue weighted by Gasteiger charge is -2.42. The number of aliphatic hydroxyl groups is 1. The molecule has 2 aliphatic rings. The summed E-state index contributed by atoms with van der Waals surface area (Å²) >= 11 is 0. The number of hydrogen-bond acceptors (Lipinski definition) is 4. The fourth-order valence-electron chi connectivity index (χ4n) is 3.83. The molecule has 2 heterocycles. The summed E-state index contributed by atoms with van der Waals surface area (Å²) in [6.45, 7) is 3.48. The summed E-state index contributed by atoms with van der Waals surface area (Å²) < 4.78 is 18.3. The monoisotopic (exact) mass is 350 g/mol. The zero-order valence-corrected chi connectivity index (χ0v) is 14.3. The third-order valence-corrected chi connectivity index (χ3v) is 5.35. The van der Waals surface area contributed by atoms with Gasteiger partial charge in [0.2, 0.25) is 5.91 Å². The number of carbonyl (C=O) groups excluding carboxylic acids is 2. The number of carbonyl (C=O) groups is 2. The second-order valence-electron chi connectivity index (χ2n) is 6.96. The van der Waals surface area contributed by atoms with Crippen molar-refractivity contribution in [3.63, 3.8) is 0 Å². The van der Waals surface area contributed by atoms with Crippen LogP contribution in [0.5, 0.6) is 5.75 Å². The zero-order chi connectivity index (χ0) is 18.0. The molecule has 0 aromatic heterocycles. The first kappa shape index (κ1) is 17.7. The van der Waals surface area contributed by atoms with Crippen LogP contribution in [0, 0.1) is 17.2 Å². The van der Waals surface area contributed by atoms with Gasteiger partial charge in [-0.3, -0.25) is 9.59 Å². The Hall–Kier alpha value is -2.15. The van der Waals surface area contributed by atoms with Crippen molar-refractivity contribution in [1.82, 2.24) is 9.80 Å². The number of piperidine rings is 1. The first-order valence-electron chi connectivity index (χ1n) is 8.46. The minimum atomic E-state index is -0.449. The Bertz CT molecular complexity index is 651. The maximum Gasteiger partial charge on any atom is 0.260 e. The standard InChI is InChI=1S/C18H23FN2O4/c1-13(23)21-8-14-6-7-20(10-18(14,11-21)12-22)17(24)9-25-16-4-2-15(19)3-5-16/h2-5,14,22H,6-12H2,1H3/t14-,18+/m0/s1. The van der Waals surface area contributed by atoms with Crippen LogP contribution in [0.2, 0.25) is 0 Å². The quantitative estimate of drug-likeness (QED) is 0.876. The smallest absolute Gasteiger partial charge is 0.260 e. The normalized spacial score (nSPS) is 25.6. The van der Waals surface area contributed by atoms with E-state index >= 15 is 0 Å². The van der Waals surface area contributed by atoms with Gasteiger partial charge in [0.15, 0.2) is 6.61 Å². The van der Waals surface area contributed by atoms with E-state index in [2.05, 4.69) is 0 Å². The fraction of sp³-hybridized carbons (Fsp3) is 0.556. The molecule has 7 heteroatoms. The Morgan fingerprint density at radius 1 is 1.28 bits per heavy atom. The second kappa shape index (κ2) is 7.00. The van der Waals surface area contributed by atoms with Crippen LogP contribution in [0.1, 0.15) is 13.3 Å². The Labute approximate surface area is 146 Å². The molecule has 25 heavy (non-hydrogen) atoms. The molecule has 0 unspecified atom stereocenters. The van der Waals surface area contributed by atoms with Gasteiger partial charge in [-0.05, 0) is 36.6 Å². The summed E-state index contributed by atoms with van der Waals surface area (Å²) in [5, 5.41) is 9.94. The van der Waals surface area contributed by atoms with E-state index in [1.54, 1.807) is 9.80 Å². The Morgan fingerprint density at radius 3 is 2.60 bits per heavy atom. The predicted molar refractivity (Wildman–Crippen MR) is 88.4 cm³/mol. The predicted octanol–water partition coefficient (Wildman–Crippen LogP) is 0.894. The van der Waals surface area contributed by atoms with Crippen LogP contribution in [0.3, 0.4) is 0 Å². The van der Waals surface area contributed by atoms with Crippen LogP contribution in [0.4, 0.5) is 4.39 Å². The number of hydrogen-bond donors (Lipinski definition) is 1. The maximum absolute atomic E-state index is 12.9. The van der Waals surface area contributed by atoms with Crippen LogP contribution in [0.25, 0.3) is 0 Å². The molecule has 1 N–H and O–H groups in total. The minimum absolute atomic E-state index is 0.000236. The molecule has 136 valence electrons. The van der Waals surface area contributed by atoms with Gasteiger partial charge in [-0.1, -0.05) is 0 Å². The number of amides is 2. The van der Waals surface area contributed by atoms with Crippen LogP contribution < -0.4 is 4.74 Å². The molecule has 0 bridgehead atoms. The van der Waals surface area contributed by atoms with Crippen molar-refractivity contribution in [1.29, 1.82) is 0 Å². The van der Waals surface area contributed by atoms with E-state index in [9.17, 15) is 19.1 Å². The molecule has 1 aromatic rings. The van der Waals surface area contributed by atoms with Crippen molar-refractivity contribution in [3.8, 4) is 5.75 Å². The molecule has 0 spiro atoms. The largest absolute Gasteiger partial charge is 0.484 e. The van der Waals surface area contributed by atoms with Crippen molar-refractivity contribution < 1.29 is 23.8 Å². The molecular weight excluding hydrogens is 327 g/mol. The van der Waals surface area contributed by atoms with Crippen LogP contribution in [0.15, 0.2) is 24.3 Å². The van der Waals surface area contributed by atoms with Gasteiger partial charge in [0.1, 0.15) is 11.6 Å². The van der Waals surface area contributed by atoms with Crippen LogP contribution in [-0.2, 0) is 9.59 Å². The number of aliphatic hydroxyl groups excluding tert-OH is 1. The highest BCUT2D eigenvalue weighted by molar-refractivity contribution is 5.78. The number of ether oxygens (including phenoxy) is 1. The summed E-state index contributed by atoms with van der Waals surface area (Å²) in [5.74, 6) is 0.118. The molecule has 2 saturated heterocycles. The molecule has 6 nitrogen and oxygen atoms in total. The second-order valence-corrected chi connectivity index (χ2v) is 6.96. The molecule has 1 aromatic carbocycles. The molecule has 2 fully saturated rings. The molecule has 2 atom stereocenters. The first-order chi connectivity index (χ1) is 11.9. The van der Waals surface area contributed by atoms with E-state index in [1.165, 1.54) is 31.2 Å². The minimum Gasteiger partial charge on any atom is -0.484 e. The Balaban J connectivity index is 1.61. The summed E-state index contributed by atoms with van der Waals surface area (Å²) in [6.07, 6.45) is 0.757. The topological polar surface area (TPSA) is 70.1 Å². The number of rotatable bonds is 4. The van der Waals surface area contributed by atoms with Crippen LogP contribution >= 0.6 is 0 Å². The molecule has 0 radical (unpaired) electrons. The zero-order valence-electron chi connectivity index (χ0n) is 14.3. The van der Waals surface area contributed by atoms with Gasteiger partial charge in [0.05, 0.1) is 6.61 Å². The van der Waals surface area contributed by atoms with Crippen LogP contribution in [-0.4, -0.2) is 66.1 Å². The third kappa shape index (κ3) is 3.61. The average molecular weight is 350 g/mol. The van der Waals surface area contributed by atoms with E-state index in [1.807, 2.05) is 0 Å². The summed E-state index contributed by atoms with van der Waals surface area (Å²) in [5.41, 5.74) is -0.449. The van der Waals surface area contributed by atoms with Gasteiger partial charge in [-0.25, -0.2) is 4.39 Å². The summed E-state index contributed by atoms with van der Waals surface area (Å²) in [6, 6.07) is 5.51. The first-order valence-corrected chi connectivity index (χ1v) is 8.46. The van der Waals surface area contributed by atoms with Crippen molar-refractivity contribution >= 4 is 11.8 Å². The molecular formula is C18H23FN2O4. The van der Waals surface area contributed by atoms with Gasteiger partial charge < -0.3 is 19.6 Å². The van der Waals surface area contributed by atoms with Gasteiger partial charge in [-0.15, -0.1) is 0 Å².